The first kappa shape index (κ1) is 32.8. The first-order chi connectivity index (χ1) is 21.4. The third-order valence-electron chi connectivity index (χ3n) is 7.90. The zero-order valence-electron chi connectivity index (χ0n) is 25.0. The van der Waals surface area contributed by atoms with Crippen molar-refractivity contribution in [2.45, 2.75) is 50.7 Å². The molecular weight excluding hydrogens is 619 g/mol. The van der Waals surface area contributed by atoms with Crippen molar-refractivity contribution in [2.75, 3.05) is 24.6 Å². The van der Waals surface area contributed by atoms with Crippen LogP contribution in [0.2, 0.25) is 5.02 Å². The number of H-pyrrole nitrogens is 1. The maximum atomic E-state index is 15.1. The molecule has 1 aliphatic rings. The fraction of sp³-hybridized carbons (Fsp3) is 0.387. The van der Waals surface area contributed by atoms with Crippen molar-refractivity contribution >= 4 is 38.3 Å². The summed E-state index contributed by atoms with van der Waals surface area (Å²) in [7, 11) is -3.29. The zero-order chi connectivity index (χ0) is 32.3. The lowest BCUT2D eigenvalue weighted by atomic mass is 10.0. The summed E-state index contributed by atoms with van der Waals surface area (Å²) >= 11 is 6.24. The van der Waals surface area contributed by atoms with E-state index < -0.39 is 27.4 Å². The van der Waals surface area contributed by atoms with Crippen LogP contribution in [0.5, 0.6) is 0 Å². The van der Waals surface area contributed by atoms with E-state index in [-0.39, 0.29) is 35.2 Å². The van der Waals surface area contributed by atoms with Crippen LogP contribution in [0.4, 0.5) is 4.39 Å². The molecule has 0 bridgehead atoms. The van der Waals surface area contributed by atoms with Gasteiger partial charge in [0.05, 0.1) is 34.5 Å². The Hall–Kier alpha value is -3.62. The summed E-state index contributed by atoms with van der Waals surface area (Å²) in [5.74, 6) is -0.246. The van der Waals surface area contributed by atoms with E-state index in [1.54, 1.807) is 48.7 Å². The second-order valence-electron chi connectivity index (χ2n) is 11.6. The minimum absolute atomic E-state index is 0.0194. The van der Waals surface area contributed by atoms with Crippen molar-refractivity contribution < 1.29 is 12.8 Å². The Labute approximate surface area is 266 Å². The number of hydrogen-bond acceptors (Lipinski definition) is 8. The largest absolute Gasteiger partial charge is 0.386 e. The second kappa shape index (κ2) is 13.8. The highest BCUT2D eigenvalue weighted by Crippen LogP contribution is 2.31. The third-order valence-corrected chi connectivity index (χ3v) is 9.93. The lowest BCUT2D eigenvalue weighted by Gasteiger charge is -2.31. The number of aryl methyl sites for hydroxylation is 1. The van der Waals surface area contributed by atoms with Crippen LogP contribution in [0.1, 0.15) is 43.4 Å². The van der Waals surface area contributed by atoms with E-state index in [2.05, 4.69) is 20.3 Å². The average molecular weight is 657 g/mol. The van der Waals surface area contributed by atoms with Gasteiger partial charge in [0.1, 0.15) is 11.5 Å². The number of amidine groups is 1. The fourth-order valence-corrected chi connectivity index (χ4v) is 7.65. The quantitative estimate of drug-likeness (QED) is 0.120. The van der Waals surface area contributed by atoms with Crippen LogP contribution in [0.3, 0.4) is 0 Å². The van der Waals surface area contributed by atoms with Gasteiger partial charge in [-0.15, -0.1) is 0 Å². The number of sulfone groups is 1. The number of rotatable bonds is 11. The number of nitrogens with two attached hydrogens (primary N) is 3. The number of fused-ring (bicyclic) bond motifs is 1. The first-order valence-corrected chi connectivity index (χ1v) is 17.0. The SMILES string of the molecule is CC(N)CCCc1cc(Cl)c(F)c(-c2cc3cn(-c4ccc(C5CS(=O)(=O)CC(CCN=C(N)CN)N5)cc4)c(=O)nc3[nH]2)c1. The van der Waals surface area contributed by atoms with Crippen LogP contribution in [0.25, 0.3) is 28.0 Å². The highest BCUT2D eigenvalue weighted by molar-refractivity contribution is 7.91. The van der Waals surface area contributed by atoms with E-state index in [1.807, 2.05) is 6.92 Å². The normalized spacial score (nSPS) is 19.2. The van der Waals surface area contributed by atoms with Gasteiger partial charge in [0.25, 0.3) is 0 Å². The molecule has 4 aromatic rings. The van der Waals surface area contributed by atoms with Gasteiger partial charge in [-0.25, -0.2) is 17.6 Å². The monoisotopic (exact) mass is 656 g/mol. The molecular formula is C31H38ClFN8O3S. The smallest absolute Gasteiger partial charge is 0.354 e. The zero-order valence-corrected chi connectivity index (χ0v) is 26.5. The molecule has 0 aliphatic carbocycles. The van der Waals surface area contributed by atoms with Gasteiger partial charge >= 0.3 is 5.69 Å². The summed E-state index contributed by atoms with van der Waals surface area (Å²) in [5, 5.41) is 4.03. The molecule has 3 unspecified atom stereocenters. The van der Waals surface area contributed by atoms with E-state index in [0.717, 1.165) is 24.0 Å². The highest BCUT2D eigenvalue weighted by atomic mass is 35.5. The van der Waals surface area contributed by atoms with Crippen molar-refractivity contribution in [1.29, 1.82) is 0 Å². The van der Waals surface area contributed by atoms with Crippen molar-refractivity contribution in [3.05, 3.63) is 81.1 Å². The Kier molecular flexibility index (Phi) is 10.0. The van der Waals surface area contributed by atoms with E-state index >= 15 is 4.39 Å². The molecule has 3 heterocycles. The van der Waals surface area contributed by atoms with E-state index in [1.165, 1.54) is 4.57 Å². The number of benzene rings is 2. The van der Waals surface area contributed by atoms with Gasteiger partial charge in [0.15, 0.2) is 15.7 Å². The van der Waals surface area contributed by atoms with Gasteiger partial charge in [-0.05, 0) is 74.1 Å². The van der Waals surface area contributed by atoms with Gasteiger partial charge in [-0.2, -0.15) is 4.98 Å². The summed E-state index contributed by atoms with van der Waals surface area (Å²) in [5.41, 5.74) is 19.7. The predicted molar refractivity (Wildman–Crippen MR) is 177 cm³/mol. The number of aromatic nitrogens is 3. The minimum atomic E-state index is -3.29. The van der Waals surface area contributed by atoms with Gasteiger partial charge < -0.3 is 27.5 Å². The molecule has 0 spiro atoms. The fourth-order valence-electron chi connectivity index (χ4n) is 5.60. The topological polar surface area (TPSA) is 187 Å². The molecule has 5 rings (SSSR count). The molecule has 0 saturated carbocycles. The standard InChI is InChI=1S/C31H38ClFN8O3S/c1-18(35)3-2-4-19-11-24(29(33)25(32)12-19)26-13-21-15-41(31(42)40-30(21)39-26)23-7-5-20(6-8-23)27-17-45(43,44)16-22(38-27)9-10-37-28(36)14-34/h5-8,11-13,15,18,22,27,38H,2-4,9-10,14,16-17,34-35H2,1H3,(H2,36,37)(H,39,40,42). The Morgan fingerprint density at radius 3 is 2.69 bits per heavy atom. The molecule has 2 aromatic heterocycles. The predicted octanol–water partition coefficient (Wildman–Crippen LogP) is 2.98. The Morgan fingerprint density at radius 2 is 1.98 bits per heavy atom. The Morgan fingerprint density at radius 1 is 1.22 bits per heavy atom. The molecule has 11 nitrogen and oxygen atoms in total. The molecule has 240 valence electrons. The van der Waals surface area contributed by atoms with Crippen molar-refractivity contribution in [3.8, 4) is 16.9 Å². The maximum absolute atomic E-state index is 15.1. The van der Waals surface area contributed by atoms with Crippen LogP contribution < -0.4 is 28.2 Å². The summed E-state index contributed by atoms with van der Waals surface area (Å²) in [6, 6.07) is 11.6. The average Bonchev–Trinajstić information content (AvgIpc) is 3.40. The molecule has 1 fully saturated rings. The number of aliphatic imine (C=N–C) groups is 1. The summed E-state index contributed by atoms with van der Waals surface area (Å²) in [6.45, 7) is 2.47. The van der Waals surface area contributed by atoms with Crippen molar-refractivity contribution in [2.24, 2.45) is 22.2 Å². The maximum Gasteiger partial charge on any atom is 0.354 e. The van der Waals surface area contributed by atoms with Crippen LogP contribution >= 0.6 is 11.6 Å². The van der Waals surface area contributed by atoms with E-state index in [4.69, 9.17) is 28.8 Å². The van der Waals surface area contributed by atoms with Crippen LogP contribution in [-0.4, -0.2) is 65.5 Å². The number of aromatic amines is 1. The van der Waals surface area contributed by atoms with Crippen molar-refractivity contribution in [1.82, 2.24) is 19.9 Å². The first-order valence-electron chi connectivity index (χ1n) is 14.8. The molecule has 1 saturated heterocycles. The highest BCUT2D eigenvalue weighted by Gasteiger charge is 2.31. The number of hydrogen-bond donors (Lipinski definition) is 5. The molecule has 2 aromatic carbocycles. The molecule has 8 N–H and O–H groups in total. The van der Waals surface area contributed by atoms with E-state index in [9.17, 15) is 13.2 Å². The van der Waals surface area contributed by atoms with Gasteiger partial charge in [-0.1, -0.05) is 23.7 Å². The molecule has 0 amide bonds. The summed E-state index contributed by atoms with van der Waals surface area (Å²) in [4.78, 5) is 24.4. The summed E-state index contributed by atoms with van der Waals surface area (Å²) < 4.78 is 41.9. The number of halogens is 2. The Bertz CT molecular complexity index is 1870. The minimum Gasteiger partial charge on any atom is -0.386 e. The molecule has 0 radical (unpaired) electrons. The molecule has 45 heavy (non-hydrogen) atoms. The summed E-state index contributed by atoms with van der Waals surface area (Å²) in [6.07, 6.45) is 4.53. The molecule has 3 atom stereocenters. The number of nitrogens with one attached hydrogen (secondary N) is 2. The van der Waals surface area contributed by atoms with Gasteiger partial charge in [0.2, 0.25) is 0 Å². The van der Waals surface area contributed by atoms with Gasteiger partial charge in [-0.3, -0.25) is 9.56 Å². The lowest BCUT2D eigenvalue weighted by Crippen LogP contribution is -2.47. The Balaban J connectivity index is 1.37. The number of nitrogens with zero attached hydrogens (tertiary/aromatic N) is 3. The van der Waals surface area contributed by atoms with Crippen molar-refractivity contribution in [3.63, 3.8) is 0 Å². The second-order valence-corrected chi connectivity index (χ2v) is 14.2. The molecule has 14 heteroatoms. The van der Waals surface area contributed by atoms with Crippen LogP contribution in [-0.2, 0) is 16.3 Å². The van der Waals surface area contributed by atoms with Gasteiger partial charge in [0, 0.05) is 41.8 Å². The van der Waals surface area contributed by atoms with E-state index in [0.29, 0.717) is 53.2 Å². The third kappa shape index (κ3) is 7.97. The molecule has 1 aliphatic heterocycles. The van der Waals surface area contributed by atoms with Crippen LogP contribution in [0.15, 0.2) is 58.4 Å². The lowest BCUT2D eigenvalue weighted by molar-refractivity contribution is 0.433. The van der Waals surface area contributed by atoms with Crippen LogP contribution in [0, 0.1) is 5.82 Å².